The topological polar surface area (TPSA) is 69.6 Å². The number of carbonyl (C=O) groups excluding carboxylic acids is 1. The SMILES string of the molecule is O=C(NC(CO)CO)c1ccc(Br)c(C(F)(F)F)c1. The lowest BCUT2D eigenvalue weighted by Gasteiger charge is -2.15. The Kier molecular flexibility index (Phi) is 5.33. The van der Waals surface area contributed by atoms with Crippen LogP contribution in [0.3, 0.4) is 0 Å². The number of amides is 1. The van der Waals surface area contributed by atoms with E-state index in [2.05, 4.69) is 21.2 Å². The van der Waals surface area contributed by atoms with Gasteiger partial charge < -0.3 is 15.5 Å². The Bertz CT molecular complexity index is 461. The van der Waals surface area contributed by atoms with Crippen LogP contribution in [0.25, 0.3) is 0 Å². The van der Waals surface area contributed by atoms with Crippen LogP contribution in [0.5, 0.6) is 0 Å². The number of rotatable bonds is 4. The molecule has 1 aromatic carbocycles. The Balaban J connectivity index is 2.99. The molecule has 0 saturated heterocycles. The predicted octanol–water partition coefficient (Wildman–Crippen LogP) is 1.55. The van der Waals surface area contributed by atoms with Crippen LogP contribution in [-0.4, -0.2) is 35.4 Å². The number of benzene rings is 1. The summed E-state index contributed by atoms with van der Waals surface area (Å²) in [5, 5.41) is 19.8. The van der Waals surface area contributed by atoms with E-state index in [1.165, 1.54) is 6.07 Å². The van der Waals surface area contributed by atoms with Crippen molar-refractivity contribution in [3.8, 4) is 0 Å². The maximum Gasteiger partial charge on any atom is 0.417 e. The number of hydrogen-bond acceptors (Lipinski definition) is 3. The first-order valence-corrected chi connectivity index (χ1v) is 5.98. The Labute approximate surface area is 115 Å². The molecular weight excluding hydrogens is 331 g/mol. The monoisotopic (exact) mass is 341 g/mol. The van der Waals surface area contributed by atoms with Gasteiger partial charge in [0.2, 0.25) is 0 Å². The molecule has 19 heavy (non-hydrogen) atoms. The van der Waals surface area contributed by atoms with Crippen molar-refractivity contribution in [1.29, 1.82) is 0 Å². The summed E-state index contributed by atoms with van der Waals surface area (Å²) in [6.07, 6.45) is -4.58. The maximum absolute atomic E-state index is 12.6. The average molecular weight is 342 g/mol. The fraction of sp³-hybridized carbons (Fsp3) is 0.364. The molecule has 8 heteroatoms. The summed E-state index contributed by atoms with van der Waals surface area (Å²) in [4.78, 5) is 11.6. The Morgan fingerprint density at radius 2 is 1.89 bits per heavy atom. The molecule has 0 fully saturated rings. The van der Waals surface area contributed by atoms with Crippen LogP contribution in [0.4, 0.5) is 13.2 Å². The molecule has 0 bridgehead atoms. The number of nitrogens with one attached hydrogen (secondary N) is 1. The van der Waals surface area contributed by atoms with Crippen LogP contribution < -0.4 is 5.32 Å². The molecule has 0 saturated carbocycles. The van der Waals surface area contributed by atoms with E-state index in [-0.39, 0.29) is 10.0 Å². The Hall–Kier alpha value is -1.12. The molecule has 4 nitrogen and oxygen atoms in total. The first-order chi connectivity index (χ1) is 8.79. The first-order valence-electron chi connectivity index (χ1n) is 5.19. The van der Waals surface area contributed by atoms with E-state index in [9.17, 15) is 18.0 Å². The number of carbonyl (C=O) groups is 1. The van der Waals surface area contributed by atoms with Gasteiger partial charge in [0.15, 0.2) is 0 Å². The predicted molar refractivity (Wildman–Crippen MR) is 64.6 cm³/mol. The average Bonchev–Trinajstić information content (AvgIpc) is 2.34. The van der Waals surface area contributed by atoms with Crippen LogP contribution in [0, 0.1) is 0 Å². The van der Waals surface area contributed by atoms with Gasteiger partial charge in [0.05, 0.1) is 24.8 Å². The summed E-state index contributed by atoms with van der Waals surface area (Å²) >= 11 is 2.76. The molecule has 0 unspecified atom stereocenters. The minimum absolute atomic E-state index is 0.169. The lowest BCUT2D eigenvalue weighted by atomic mass is 10.1. The minimum atomic E-state index is -4.58. The standard InChI is InChI=1S/C11H11BrF3NO3/c12-9-2-1-6(3-8(9)11(13,14)15)10(19)16-7(4-17)5-18/h1-3,7,17-18H,4-5H2,(H,16,19). The van der Waals surface area contributed by atoms with Crippen LogP contribution in [-0.2, 0) is 6.18 Å². The number of hydrogen-bond donors (Lipinski definition) is 3. The van der Waals surface area contributed by atoms with Gasteiger partial charge in [0.1, 0.15) is 0 Å². The molecule has 0 aromatic heterocycles. The number of aliphatic hydroxyl groups is 2. The largest absolute Gasteiger partial charge is 0.417 e. The zero-order chi connectivity index (χ0) is 14.6. The Morgan fingerprint density at radius 1 is 1.32 bits per heavy atom. The molecule has 1 aromatic rings. The van der Waals surface area contributed by atoms with E-state index in [4.69, 9.17) is 10.2 Å². The normalized spacial score (nSPS) is 11.7. The maximum atomic E-state index is 12.6. The second-order valence-corrected chi connectivity index (χ2v) is 4.58. The lowest BCUT2D eigenvalue weighted by molar-refractivity contribution is -0.138. The summed E-state index contributed by atoms with van der Waals surface area (Å²) in [7, 11) is 0. The van der Waals surface area contributed by atoms with Crippen molar-refractivity contribution in [2.24, 2.45) is 0 Å². The van der Waals surface area contributed by atoms with E-state index in [1.807, 2.05) is 0 Å². The molecule has 1 amide bonds. The summed E-state index contributed by atoms with van der Waals surface area (Å²) in [5.74, 6) is -0.800. The van der Waals surface area contributed by atoms with Gasteiger partial charge in [0.25, 0.3) is 5.91 Å². The first kappa shape index (κ1) is 15.9. The van der Waals surface area contributed by atoms with Crippen LogP contribution in [0.1, 0.15) is 15.9 Å². The molecule has 0 atom stereocenters. The van der Waals surface area contributed by atoms with E-state index >= 15 is 0 Å². The van der Waals surface area contributed by atoms with E-state index < -0.39 is 36.9 Å². The van der Waals surface area contributed by atoms with Gasteiger partial charge in [-0.05, 0) is 18.2 Å². The van der Waals surface area contributed by atoms with Crippen LogP contribution in [0.2, 0.25) is 0 Å². The third-order valence-corrected chi connectivity index (χ3v) is 3.00. The second kappa shape index (κ2) is 6.36. The van der Waals surface area contributed by atoms with Crippen molar-refractivity contribution < 1.29 is 28.2 Å². The smallest absolute Gasteiger partial charge is 0.394 e. The molecular formula is C11H11BrF3NO3. The van der Waals surface area contributed by atoms with Gasteiger partial charge in [-0.3, -0.25) is 4.79 Å². The minimum Gasteiger partial charge on any atom is -0.394 e. The molecule has 0 aliphatic carbocycles. The summed E-state index contributed by atoms with van der Waals surface area (Å²) in [6, 6.07) is 2.11. The van der Waals surface area contributed by atoms with E-state index in [0.29, 0.717) is 6.07 Å². The van der Waals surface area contributed by atoms with Gasteiger partial charge >= 0.3 is 6.18 Å². The highest BCUT2D eigenvalue weighted by Gasteiger charge is 2.33. The molecule has 0 aliphatic heterocycles. The van der Waals surface area contributed by atoms with Crippen molar-refractivity contribution in [3.63, 3.8) is 0 Å². The molecule has 0 aliphatic rings. The zero-order valence-electron chi connectivity index (χ0n) is 9.54. The van der Waals surface area contributed by atoms with E-state index in [1.54, 1.807) is 0 Å². The van der Waals surface area contributed by atoms with E-state index in [0.717, 1.165) is 6.07 Å². The number of alkyl halides is 3. The van der Waals surface area contributed by atoms with Gasteiger partial charge in [-0.15, -0.1) is 0 Å². The van der Waals surface area contributed by atoms with Crippen molar-refractivity contribution in [2.75, 3.05) is 13.2 Å². The lowest BCUT2D eigenvalue weighted by Crippen LogP contribution is -2.40. The van der Waals surface area contributed by atoms with Crippen molar-refractivity contribution in [1.82, 2.24) is 5.32 Å². The summed E-state index contributed by atoms with van der Waals surface area (Å²) < 4.78 is 37.8. The molecule has 0 spiro atoms. The van der Waals surface area contributed by atoms with Gasteiger partial charge in [0, 0.05) is 10.0 Å². The third-order valence-electron chi connectivity index (χ3n) is 2.31. The zero-order valence-corrected chi connectivity index (χ0v) is 11.1. The van der Waals surface area contributed by atoms with Crippen molar-refractivity contribution in [3.05, 3.63) is 33.8 Å². The summed E-state index contributed by atoms with van der Waals surface area (Å²) in [5.41, 5.74) is -1.17. The van der Waals surface area contributed by atoms with Crippen molar-refractivity contribution in [2.45, 2.75) is 12.2 Å². The third kappa shape index (κ3) is 4.19. The van der Waals surface area contributed by atoms with Crippen LogP contribution in [0.15, 0.2) is 22.7 Å². The number of aliphatic hydroxyl groups excluding tert-OH is 2. The Morgan fingerprint density at radius 3 is 2.37 bits per heavy atom. The highest BCUT2D eigenvalue weighted by Crippen LogP contribution is 2.35. The van der Waals surface area contributed by atoms with Gasteiger partial charge in [-0.1, -0.05) is 15.9 Å². The quantitative estimate of drug-likeness (QED) is 0.778. The molecule has 1 rings (SSSR count). The number of halogens is 4. The van der Waals surface area contributed by atoms with Gasteiger partial charge in [-0.2, -0.15) is 13.2 Å². The molecule has 0 radical (unpaired) electrons. The fourth-order valence-electron chi connectivity index (χ4n) is 1.30. The molecule has 0 heterocycles. The molecule has 3 N–H and O–H groups in total. The highest BCUT2D eigenvalue weighted by atomic mass is 79.9. The van der Waals surface area contributed by atoms with Gasteiger partial charge in [-0.25, -0.2) is 0 Å². The summed E-state index contributed by atoms with van der Waals surface area (Å²) in [6.45, 7) is -1.02. The highest BCUT2D eigenvalue weighted by molar-refractivity contribution is 9.10. The van der Waals surface area contributed by atoms with Crippen molar-refractivity contribution >= 4 is 21.8 Å². The fourth-order valence-corrected chi connectivity index (χ4v) is 1.77. The molecule has 106 valence electrons. The second-order valence-electron chi connectivity index (χ2n) is 3.73. The van der Waals surface area contributed by atoms with Crippen LogP contribution >= 0.6 is 15.9 Å².